The Hall–Kier alpha value is -3.34. The molecule has 2 amide bonds. The van der Waals surface area contributed by atoms with Gasteiger partial charge < -0.3 is 15.3 Å². The lowest BCUT2D eigenvalue weighted by Gasteiger charge is -2.36. The number of hydrogen-bond donors (Lipinski definition) is 2. The van der Waals surface area contributed by atoms with Gasteiger partial charge >= 0.3 is 0 Å². The van der Waals surface area contributed by atoms with Gasteiger partial charge in [0.2, 0.25) is 10.0 Å². The van der Waals surface area contributed by atoms with Crippen LogP contribution in [0.2, 0.25) is 0 Å². The largest absolute Gasteiger partial charge is 0.390 e. The molecule has 0 aliphatic carbocycles. The molecule has 0 radical (unpaired) electrons. The monoisotopic (exact) mass is 592 g/mol. The van der Waals surface area contributed by atoms with E-state index in [1.54, 1.807) is 30.0 Å². The fourth-order valence-electron chi connectivity index (χ4n) is 5.97. The minimum absolute atomic E-state index is 0.0821. The Balaban J connectivity index is 1.26. The Morgan fingerprint density at radius 2 is 1.55 bits per heavy atom. The summed E-state index contributed by atoms with van der Waals surface area (Å²) in [6.45, 7) is 11.0. The maximum Gasteiger partial charge on any atom is 0.253 e. The first kappa shape index (κ1) is 30.1. The summed E-state index contributed by atoms with van der Waals surface area (Å²) >= 11 is 0. The predicted octanol–water partition coefficient (Wildman–Crippen LogP) is 3.62. The molecular formula is C32H40N4O5S. The van der Waals surface area contributed by atoms with Crippen LogP contribution in [-0.4, -0.2) is 77.7 Å². The molecule has 2 aromatic rings. The molecule has 2 N–H and O–H groups in total. The lowest BCUT2D eigenvalue weighted by Crippen LogP contribution is -2.50. The van der Waals surface area contributed by atoms with Gasteiger partial charge in [-0.25, -0.2) is 8.42 Å². The number of rotatable bonds is 5. The van der Waals surface area contributed by atoms with E-state index in [2.05, 4.69) is 5.32 Å². The van der Waals surface area contributed by atoms with Gasteiger partial charge in [-0.2, -0.15) is 4.31 Å². The Labute approximate surface area is 248 Å². The van der Waals surface area contributed by atoms with E-state index in [4.69, 9.17) is 4.99 Å². The van der Waals surface area contributed by atoms with Gasteiger partial charge in [-0.1, -0.05) is 12.1 Å². The van der Waals surface area contributed by atoms with E-state index < -0.39 is 21.2 Å². The third kappa shape index (κ3) is 5.93. The van der Waals surface area contributed by atoms with Gasteiger partial charge in [0.1, 0.15) is 11.4 Å². The number of aliphatic hydroxyl groups is 1. The van der Waals surface area contributed by atoms with E-state index in [0.29, 0.717) is 50.2 Å². The van der Waals surface area contributed by atoms with Crippen LogP contribution in [0.15, 0.2) is 40.7 Å². The van der Waals surface area contributed by atoms with Crippen LogP contribution in [0.5, 0.6) is 0 Å². The fraction of sp³-hybridized carbons (Fsp3) is 0.469. The third-order valence-electron chi connectivity index (χ3n) is 9.05. The molecule has 10 heteroatoms. The molecule has 224 valence electrons. The molecule has 0 unspecified atom stereocenters. The quantitative estimate of drug-likeness (QED) is 0.550. The van der Waals surface area contributed by atoms with Crippen molar-refractivity contribution in [3.63, 3.8) is 0 Å². The minimum atomic E-state index is -3.74. The summed E-state index contributed by atoms with van der Waals surface area (Å²) in [5.41, 5.74) is 4.36. The summed E-state index contributed by atoms with van der Waals surface area (Å²) in [7, 11) is -3.74. The number of piperidine rings is 2. The lowest BCUT2D eigenvalue weighted by atomic mass is 9.89. The smallest absolute Gasteiger partial charge is 0.253 e. The van der Waals surface area contributed by atoms with Gasteiger partial charge in [0, 0.05) is 42.7 Å². The van der Waals surface area contributed by atoms with E-state index in [0.717, 1.165) is 33.4 Å². The summed E-state index contributed by atoms with van der Waals surface area (Å²) in [6, 6.07) is 9.53. The number of nitrogens with one attached hydrogen (secondary N) is 1. The zero-order valence-electron chi connectivity index (χ0n) is 25.0. The first-order valence-corrected chi connectivity index (χ1v) is 16.0. The van der Waals surface area contributed by atoms with Crippen LogP contribution >= 0.6 is 0 Å². The summed E-state index contributed by atoms with van der Waals surface area (Å²) in [4.78, 5) is 32.6. The zero-order valence-corrected chi connectivity index (χ0v) is 25.8. The molecular weight excluding hydrogens is 552 g/mol. The molecule has 9 nitrogen and oxygen atoms in total. The van der Waals surface area contributed by atoms with Crippen LogP contribution < -0.4 is 5.32 Å². The SMILES string of the molecule is Cc1ccc(C2=NC3(CCN(S(=O)(=O)/C=C/c4c(C)cc(C(=O)N5CCC(C)(O)CC5)cc4C)CC3)C(=O)N2)cc1C. The molecule has 3 heterocycles. The number of carbonyl (C=O) groups is 2. The van der Waals surface area contributed by atoms with Crippen molar-refractivity contribution in [3.8, 4) is 0 Å². The summed E-state index contributed by atoms with van der Waals surface area (Å²) in [6.07, 6.45) is 3.28. The van der Waals surface area contributed by atoms with Crippen molar-refractivity contribution in [1.29, 1.82) is 0 Å². The summed E-state index contributed by atoms with van der Waals surface area (Å²) in [5.74, 6) is 0.278. The number of benzene rings is 2. The normalized spacial score (nSPS) is 20.7. The molecule has 3 aliphatic rings. The number of sulfonamides is 1. The number of nitrogens with zero attached hydrogens (tertiary/aromatic N) is 3. The van der Waals surface area contributed by atoms with Gasteiger partial charge in [-0.05, 0) is 112 Å². The van der Waals surface area contributed by atoms with Gasteiger partial charge in [0.25, 0.3) is 11.8 Å². The summed E-state index contributed by atoms with van der Waals surface area (Å²) in [5, 5.41) is 14.3. The average Bonchev–Trinajstić information content (AvgIpc) is 3.24. The van der Waals surface area contributed by atoms with Crippen LogP contribution in [0, 0.1) is 27.7 Å². The average molecular weight is 593 g/mol. The number of carbonyl (C=O) groups excluding carboxylic acids is 2. The summed E-state index contributed by atoms with van der Waals surface area (Å²) < 4.78 is 28.0. The van der Waals surface area contributed by atoms with Crippen molar-refractivity contribution < 1.29 is 23.1 Å². The van der Waals surface area contributed by atoms with E-state index in [1.807, 2.05) is 45.9 Å². The molecule has 5 rings (SSSR count). The Kier molecular flexibility index (Phi) is 7.93. The number of amidine groups is 1. The Bertz CT molecular complexity index is 1570. The van der Waals surface area contributed by atoms with Crippen molar-refractivity contribution >= 4 is 33.7 Å². The van der Waals surface area contributed by atoms with Crippen LogP contribution in [0.1, 0.15) is 76.3 Å². The van der Waals surface area contributed by atoms with Gasteiger partial charge in [-0.3, -0.25) is 14.6 Å². The highest BCUT2D eigenvalue weighted by Gasteiger charge is 2.47. The fourth-order valence-corrected chi connectivity index (χ4v) is 7.14. The second-order valence-corrected chi connectivity index (χ2v) is 14.1. The van der Waals surface area contributed by atoms with E-state index in [1.165, 1.54) is 9.71 Å². The standard InChI is InChI=1S/C32H40N4O5S/c1-21-6-7-25(18-22(21)2)28-33-30(38)32(34-28)11-15-36(16-12-32)42(40,41)17-8-27-23(3)19-26(20-24(27)4)29(37)35-13-9-31(5,39)10-14-35/h6-8,17-20,39H,9-16H2,1-5H3,(H,33,34,38)/b17-8+. The molecule has 42 heavy (non-hydrogen) atoms. The van der Waals surface area contributed by atoms with Crippen LogP contribution in [-0.2, 0) is 14.8 Å². The Morgan fingerprint density at radius 1 is 0.929 bits per heavy atom. The number of aliphatic imine (C=N–C) groups is 1. The molecule has 0 aromatic heterocycles. The molecule has 1 spiro atoms. The van der Waals surface area contributed by atoms with Crippen molar-refractivity contribution in [3.05, 3.63) is 74.7 Å². The highest BCUT2D eigenvalue weighted by molar-refractivity contribution is 7.92. The molecule has 0 bridgehead atoms. The van der Waals surface area contributed by atoms with Gasteiger partial charge in [-0.15, -0.1) is 0 Å². The number of likely N-dealkylation sites (tertiary alicyclic amines) is 1. The second kappa shape index (κ2) is 11.1. The van der Waals surface area contributed by atoms with E-state index in [9.17, 15) is 23.1 Å². The van der Waals surface area contributed by atoms with Gasteiger partial charge in [0.05, 0.1) is 5.60 Å². The number of hydrogen-bond acceptors (Lipinski definition) is 6. The van der Waals surface area contributed by atoms with Gasteiger partial charge in [0.15, 0.2) is 0 Å². The predicted molar refractivity (Wildman–Crippen MR) is 164 cm³/mol. The molecule has 2 fully saturated rings. The highest BCUT2D eigenvalue weighted by Crippen LogP contribution is 2.33. The third-order valence-corrected chi connectivity index (χ3v) is 10.6. The molecule has 2 saturated heterocycles. The maximum absolute atomic E-state index is 13.3. The lowest BCUT2D eigenvalue weighted by molar-refractivity contribution is -0.124. The van der Waals surface area contributed by atoms with E-state index >= 15 is 0 Å². The number of aryl methyl sites for hydroxylation is 4. The molecule has 3 aliphatic heterocycles. The first-order valence-electron chi connectivity index (χ1n) is 14.5. The van der Waals surface area contributed by atoms with Crippen molar-refractivity contribution in [2.24, 2.45) is 4.99 Å². The van der Waals surface area contributed by atoms with Crippen molar-refractivity contribution in [2.45, 2.75) is 71.4 Å². The maximum atomic E-state index is 13.3. The van der Waals surface area contributed by atoms with E-state index in [-0.39, 0.29) is 24.9 Å². The van der Waals surface area contributed by atoms with Crippen LogP contribution in [0.25, 0.3) is 6.08 Å². The zero-order chi connectivity index (χ0) is 30.4. The Morgan fingerprint density at radius 3 is 2.14 bits per heavy atom. The minimum Gasteiger partial charge on any atom is -0.390 e. The van der Waals surface area contributed by atoms with Crippen molar-refractivity contribution in [1.82, 2.24) is 14.5 Å². The molecule has 0 saturated carbocycles. The van der Waals surface area contributed by atoms with Crippen molar-refractivity contribution in [2.75, 3.05) is 26.2 Å². The van der Waals surface area contributed by atoms with Crippen LogP contribution in [0.3, 0.4) is 0 Å². The van der Waals surface area contributed by atoms with Crippen LogP contribution in [0.4, 0.5) is 0 Å². The highest BCUT2D eigenvalue weighted by atomic mass is 32.2. The molecule has 2 aromatic carbocycles. The molecule has 0 atom stereocenters. The second-order valence-electron chi connectivity index (χ2n) is 12.3. The topological polar surface area (TPSA) is 119 Å². The first-order chi connectivity index (χ1) is 19.7. The number of amides is 2.